The zero-order valence-corrected chi connectivity index (χ0v) is 11.9. The number of benzene rings is 2. The highest BCUT2D eigenvalue weighted by Crippen LogP contribution is 2.34. The third kappa shape index (κ3) is 2.29. The lowest BCUT2D eigenvalue weighted by Gasteiger charge is -2.17. The Kier molecular flexibility index (Phi) is 2.92. The minimum Gasteiger partial charge on any atom is -0.386 e. The van der Waals surface area contributed by atoms with E-state index in [0.717, 1.165) is 5.56 Å². The maximum absolute atomic E-state index is 9.98. The lowest BCUT2D eigenvalue weighted by atomic mass is 9.95. The number of rotatable bonds is 2. The third-order valence-corrected chi connectivity index (χ3v) is 4.35. The molecule has 0 spiro atoms. The highest BCUT2D eigenvalue weighted by Gasteiger charge is 2.15. The van der Waals surface area contributed by atoms with Gasteiger partial charge < -0.3 is 5.11 Å². The van der Waals surface area contributed by atoms with Crippen LogP contribution < -0.4 is 0 Å². The molecule has 2 heteroatoms. The van der Waals surface area contributed by atoms with Gasteiger partial charge >= 0.3 is 0 Å². The zero-order valence-electron chi connectivity index (χ0n) is 11.1. The average molecular weight is 268 g/mol. The van der Waals surface area contributed by atoms with E-state index in [9.17, 15) is 5.11 Å². The van der Waals surface area contributed by atoms with Gasteiger partial charge in [0.1, 0.15) is 0 Å². The van der Waals surface area contributed by atoms with Crippen LogP contribution in [0.25, 0.3) is 21.2 Å². The Morgan fingerprint density at radius 1 is 0.947 bits per heavy atom. The van der Waals surface area contributed by atoms with Gasteiger partial charge in [-0.3, -0.25) is 0 Å². The lowest BCUT2D eigenvalue weighted by Crippen LogP contribution is -2.14. The fourth-order valence-electron chi connectivity index (χ4n) is 2.26. The third-order valence-electron chi connectivity index (χ3n) is 3.38. The minimum absolute atomic E-state index is 0.782. The van der Waals surface area contributed by atoms with Gasteiger partial charge in [0, 0.05) is 15.6 Å². The molecular formula is C17H16OS. The number of thiophene rings is 1. The summed E-state index contributed by atoms with van der Waals surface area (Å²) >= 11 is 1.77. The van der Waals surface area contributed by atoms with Crippen molar-refractivity contribution in [1.29, 1.82) is 0 Å². The molecule has 0 saturated heterocycles. The predicted molar refractivity (Wildman–Crippen MR) is 82.5 cm³/mol. The second kappa shape index (κ2) is 4.48. The molecule has 0 aliphatic heterocycles. The van der Waals surface area contributed by atoms with E-state index >= 15 is 0 Å². The highest BCUT2D eigenvalue weighted by molar-refractivity contribution is 7.17. The molecule has 1 aromatic heterocycles. The van der Waals surface area contributed by atoms with Crippen LogP contribution in [0.3, 0.4) is 0 Å². The summed E-state index contributed by atoms with van der Waals surface area (Å²) in [6.07, 6.45) is 0. The van der Waals surface area contributed by atoms with Crippen LogP contribution >= 0.6 is 11.3 Å². The SMILES string of the molecule is CC(C)(O)c1ccc(-c2csc3ccccc23)cc1. The fourth-order valence-corrected chi connectivity index (χ4v) is 3.23. The van der Waals surface area contributed by atoms with E-state index in [1.807, 2.05) is 26.0 Å². The van der Waals surface area contributed by atoms with E-state index in [4.69, 9.17) is 0 Å². The monoisotopic (exact) mass is 268 g/mol. The topological polar surface area (TPSA) is 20.2 Å². The summed E-state index contributed by atoms with van der Waals surface area (Å²) in [5.41, 5.74) is 2.62. The van der Waals surface area contributed by atoms with Crippen molar-refractivity contribution in [3.05, 3.63) is 59.5 Å². The highest BCUT2D eigenvalue weighted by atomic mass is 32.1. The molecule has 1 heterocycles. The van der Waals surface area contributed by atoms with Gasteiger partial charge in [-0.25, -0.2) is 0 Å². The molecule has 1 nitrogen and oxygen atoms in total. The first kappa shape index (κ1) is 12.4. The van der Waals surface area contributed by atoms with Gasteiger partial charge in [-0.2, -0.15) is 0 Å². The molecule has 0 amide bonds. The van der Waals surface area contributed by atoms with E-state index < -0.39 is 5.60 Å². The summed E-state index contributed by atoms with van der Waals surface area (Å²) in [6, 6.07) is 16.6. The van der Waals surface area contributed by atoms with E-state index in [0.29, 0.717) is 0 Å². The van der Waals surface area contributed by atoms with Gasteiger partial charge in [-0.1, -0.05) is 42.5 Å². The zero-order chi connectivity index (χ0) is 13.5. The first-order valence-corrected chi connectivity index (χ1v) is 7.23. The largest absolute Gasteiger partial charge is 0.386 e. The Morgan fingerprint density at radius 3 is 2.32 bits per heavy atom. The molecule has 0 unspecified atom stereocenters. The van der Waals surface area contributed by atoms with Crippen molar-refractivity contribution in [3.8, 4) is 11.1 Å². The second-order valence-corrected chi connectivity index (χ2v) is 6.19. The molecule has 0 atom stereocenters. The van der Waals surface area contributed by atoms with E-state index in [-0.39, 0.29) is 0 Å². The molecule has 3 rings (SSSR count). The number of fused-ring (bicyclic) bond motifs is 1. The maximum Gasteiger partial charge on any atom is 0.0840 e. The summed E-state index contributed by atoms with van der Waals surface area (Å²) in [6.45, 7) is 3.62. The van der Waals surface area contributed by atoms with E-state index in [2.05, 4.69) is 41.8 Å². The minimum atomic E-state index is -0.782. The molecule has 3 aromatic rings. The van der Waals surface area contributed by atoms with Gasteiger partial charge in [0.25, 0.3) is 0 Å². The molecule has 0 radical (unpaired) electrons. The normalized spacial score (nSPS) is 11.9. The van der Waals surface area contributed by atoms with Crippen molar-refractivity contribution in [1.82, 2.24) is 0 Å². The van der Waals surface area contributed by atoms with Gasteiger partial charge in [-0.05, 0) is 36.4 Å². The summed E-state index contributed by atoms with van der Waals surface area (Å²) in [4.78, 5) is 0. The first-order chi connectivity index (χ1) is 9.05. The Hall–Kier alpha value is -1.64. The molecule has 19 heavy (non-hydrogen) atoms. The van der Waals surface area contributed by atoms with Crippen molar-refractivity contribution >= 4 is 21.4 Å². The summed E-state index contributed by atoms with van der Waals surface area (Å²) < 4.78 is 1.31. The van der Waals surface area contributed by atoms with Crippen molar-refractivity contribution in [3.63, 3.8) is 0 Å². The van der Waals surface area contributed by atoms with Gasteiger partial charge in [-0.15, -0.1) is 11.3 Å². The van der Waals surface area contributed by atoms with Crippen LogP contribution in [0, 0.1) is 0 Å². The number of aliphatic hydroxyl groups is 1. The molecule has 2 aromatic carbocycles. The molecule has 0 aliphatic rings. The maximum atomic E-state index is 9.98. The molecule has 0 aliphatic carbocycles. The molecule has 0 saturated carbocycles. The molecule has 0 bridgehead atoms. The van der Waals surface area contributed by atoms with Crippen molar-refractivity contribution in [2.24, 2.45) is 0 Å². The summed E-state index contributed by atoms with van der Waals surface area (Å²) in [5, 5.41) is 13.5. The van der Waals surface area contributed by atoms with E-state index in [1.54, 1.807) is 11.3 Å². The molecule has 0 fully saturated rings. The van der Waals surface area contributed by atoms with Gasteiger partial charge in [0.15, 0.2) is 0 Å². The Bertz CT molecular complexity index is 702. The quantitative estimate of drug-likeness (QED) is 0.708. The number of hydrogen-bond acceptors (Lipinski definition) is 2. The van der Waals surface area contributed by atoms with Crippen LogP contribution in [0.1, 0.15) is 19.4 Å². The smallest absolute Gasteiger partial charge is 0.0840 e. The van der Waals surface area contributed by atoms with Crippen LogP contribution in [0.4, 0.5) is 0 Å². The standard InChI is InChI=1S/C17H16OS/c1-17(2,18)13-9-7-12(8-10-13)15-11-19-16-6-4-3-5-14(15)16/h3-11,18H,1-2H3. The summed E-state index contributed by atoms with van der Waals surface area (Å²) in [7, 11) is 0. The van der Waals surface area contributed by atoms with E-state index in [1.165, 1.54) is 21.2 Å². The molecule has 96 valence electrons. The van der Waals surface area contributed by atoms with Crippen LogP contribution in [0.5, 0.6) is 0 Å². The van der Waals surface area contributed by atoms with Crippen LogP contribution in [0.15, 0.2) is 53.9 Å². The molecule has 1 N–H and O–H groups in total. The van der Waals surface area contributed by atoms with Crippen LogP contribution in [0.2, 0.25) is 0 Å². The van der Waals surface area contributed by atoms with Gasteiger partial charge in [0.05, 0.1) is 5.60 Å². The number of hydrogen-bond donors (Lipinski definition) is 1. The molecular weight excluding hydrogens is 252 g/mol. The van der Waals surface area contributed by atoms with Crippen molar-refractivity contribution in [2.45, 2.75) is 19.4 Å². The second-order valence-electron chi connectivity index (χ2n) is 5.28. The Balaban J connectivity index is 2.07. The van der Waals surface area contributed by atoms with Crippen LogP contribution in [-0.2, 0) is 5.60 Å². The van der Waals surface area contributed by atoms with Crippen LogP contribution in [-0.4, -0.2) is 5.11 Å². The van der Waals surface area contributed by atoms with Crippen molar-refractivity contribution < 1.29 is 5.11 Å². The first-order valence-electron chi connectivity index (χ1n) is 6.35. The Morgan fingerprint density at radius 2 is 1.63 bits per heavy atom. The Labute approximate surface area is 117 Å². The predicted octanol–water partition coefficient (Wildman–Crippen LogP) is 4.80. The van der Waals surface area contributed by atoms with Crippen molar-refractivity contribution in [2.75, 3.05) is 0 Å². The summed E-state index contributed by atoms with van der Waals surface area (Å²) in [5.74, 6) is 0. The average Bonchev–Trinajstić information content (AvgIpc) is 2.82. The fraction of sp³-hybridized carbons (Fsp3) is 0.176. The van der Waals surface area contributed by atoms with Gasteiger partial charge in [0.2, 0.25) is 0 Å². The lowest BCUT2D eigenvalue weighted by molar-refractivity contribution is 0.0786.